The van der Waals surface area contributed by atoms with E-state index in [0.29, 0.717) is 5.92 Å². The number of hydrogen-bond donors (Lipinski definition) is 0. The lowest BCUT2D eigenvalue weighted by molar-refractivity contribution is -0.611. The maximum atomic E-state index is 7.16. The first-order valence-corrected chi connectivity index (χ1v) is 25.5. The number of pyridine rings is 1. The molecule has 0 fully saturated rings. The Hall–Kier alpha value is -7.50. The Morgan fingerprint density at radius 2 is 1.15 bits per heavy atom. The van der Waals surface area contributed by atoms with Gasteiger partial charge in [0.1, 0.15) is 17.3 Å². The van der Waals surface area contributed by atoms with Crippen LogP contribution in [0.2, 0.25) is 0 Å². The largest absolute Gasteiger partial charge is 0.458 e. The second kappa shape index (κ2) is 18.3. The Labute approximate surface area is 427 Å². The average Bonchev–Trinajstić information content (AvgIpc) is 3.97. The van der Waals surface area contributed by atoms with E-state index in [1.54, 1.807) is 0 Å². The van der Waals surface area contributed by atoms with Crippen LogP contribution in [0.15, 0.2) is 188 Å². The first-order valence-electron chi connectivity index (χ1n) is 25.5. The van der Waals surface area contributed by atoms with Crippen molar-refractivity contribution in [1.29, 1.82) is 0 Å². The monoisotopic (exact) mass is 945 g/mol. The van der Waals surface area contributed by atoms with Crippen LogP contribution in [0.5, 0.6) is 11.5 Å². The molecule has 0 saturated carbocycles. The van der Waals surface area contributed by atoms with Crippen molar-refractivity contribution in [3.8, 4) is 39.8 Å². The van der Waals surface area contributed by atoms with Gasteiger partial charge in [0.2, 0.25) is 0 Å². The predicted octanol–water partition coefficient (Wildman–Crippen LogP) is 16.9. The van der Waals surface area contributed by atoms with Gasteiger partial charge in [-0.15, -0.1) is 0 Å². The fourth-order valence-electron chi connectivity index (χ4n) is 10.1. The van der Waals surface area contributed by atoms with E-state index in [1.165, 1.54) is 44.3 Å². The second-order valence-corrected chi connectivity index (χ2v) is 23.1. The second-order valence-electron chi connectivity index (χ2n) is 23.1. The van der Waals surface area contributed by atoms with Crippen molar-refractivity contribution in [2.45, 2.75) is 111 Å². The van der Waals surface area contributed by atoms with Crippen LogP contribution < -0.4 is 9.30 Å². The summed E-state index contributed by atoms with van der Waals surface area (Å²) in [5.74, 6) is 2.77. The van der Waals surface area contributed by atoms with Gasteiger partial charge in [-0.25, -0.2) is 4.98 Å². The minimum Gasteiger partial charge on any atom is -0.458 e. The molecular weight excluding hydrogens is 877 g/mol. The van der Waals surface area contributed by atoms with E-state index in [2.05, 4.69) is 285 Å². The van der Waals surface area contributed by atoms with Crippen molar-refractivity contribution < 1.29 is 9.30 Å². The number of aromatic nitrogens is 4. The Bertz CT molecular complexity index is 3580. The van der Waals surface area contributed by atoms with Crippen LogP contribution >= 0.6 is 0 Å². The molecule has 72 heavy (non-hydrogen) atoms. The van der Waals surface area contributed by atoms with Crippen molar-refractivity contribution in [2.24, 2.45) is 0 Å². The van der Waals surface area contributed by atoms with E-state index in [4.69, 9.17) is 9.72 Å². The zero-order valence-electron chi connectivity index (χ0n) is 44.2. The average molecular weight is 945 g/mol. The normalized spacial score (nSPS) is 12.6. The van der Waals surface area contributed by atoms with Crippen LogP contribution in [0.4, 0.5) is 0 Å². The standard InChI is InChI=1S/C67H68N4O/c1-45(2)47-28-31-60-59(36-47)58-30-29-56(42-61(58)71(60)63-40-51(32-33-68-63)64(3,4)5)72-57-39-53(66(9,10)49-24-18-14-19-25-49)38-54(41-57)69-43-62(67(11,12)50-26-20-15-21-27-50)70(44-69)55-35-48(46-22-16-13-17-23-46)34-52(37-55)65(6,7)8/h13-43,45H,1-12H3. The van der Waals surface area contributed by atoms with Gasteiger partial charge in [0.05, 0.1) is 28.1 Å². The summed E-state index contributed by atoms with van der Waals surface area (Å²) in [7, 11) is 0. The lowest BCUT2D eigenvalue weighted by Gasteiger charge is -2.28. The Kier molecular flexibility index (Phi) is 12.2. The summed E-state index contributed by atoms with van der Waals surface area (Å²) in [6, 6.07) is 63.7. The number of hydrogen-bond acceptors (Lipinski definition) is 2. The Morgan fingerprint density at radius 3 is 1.81 bits per heavy atom. The van der Waals surface area contributed by atoms with Gasteiger partial charge in [0.15, 0.2) is 0 Å². The summed E-state index contributed by atoms with van der Waals surface area (Å²) in [6.07, 6.45) is 8.13. The third-order valence-corrected chi connectivity index (χ3v) is 14.9. The summed E-state index contributed by atoms with van der Waals surface area (Å²) in [5.41, 5.74) is 14.1. The van der Waals surface area contributed by atoms with E-state index in [-0.39, 0.29) is 16.2 Å². The first kappa shape index (κ1) is 48.1. The molecule has 0 saturated heterocycles. The summed E-state index contributed by atoms with van der Waals surface area (Å²) in [4.78, 5) is 5.00. The van der Waals surface area contributed by atoms with Crippen molar-refractivity contribution in [3.63, 3.8) is 0 Å². The van der Waals surface area contributed by atoms with Crippen LogP contribution in [-0.4, -0.2) is 14.1 Å². The smallest absolute Gasteiger partial charge is 0.269 e. The minimum atomic E-state index is -0.404. The fourth-order valence-corrected chi connectivity index (χ4v) is 10.1. The molecule has 0 atom stereocenters. The maximum absolute atomic E-state index is 7.16. The van der Waals surface area contributed by atoms with Crippen molar-refractivity contribution in [1.82, 2.24) is 14.1 Å². The molecule has 7 aromatic carbocycles. The highest BCUT2D eigenvalue weighted by Gasteiger charge is 2.31. The third kappa shape index (κ3) is 9.18. The van der Waals surface area contributed by atoms with Crippen LogP contribution in [0.3, 0.4) is 0 Å². The molecule has 0 aliphatic rings. The molecule has 0 unspecified atom stereocenters. The number of ether oxygens (including phenoxy) is 1. The number of benzene rings is 7. The van der Waals surface area contributed by atoms with E-state index in [9.17, 15) is 0 Å². The summed E-state index contributed by atoms with van der Waals surface area (Å²) < 4.78 is 13.9. The van der Waals surface area contributed by atoms with E-state index in [0.717, 1.165) is 56.4 Å². The molecule has 0 spiro atoms. The van der Waals surface area contributed by atoms with Gasteiger partial charge in [-0.3, -0.25) is 13.7 Å². The molecule has 10 aromatic rings. The lowest BCUT2D eigenvalue weighted by atomic mass is 9.78. The van der Waals surface area contributed by atoms with Crippen molar-refractivity contribution in [2.75, 3.05) is 0 Å². The van der Waals surface area contributed by atoms with Crippen LogP contribution in [0.1, 0.15) is 128 Å². The topological polar surface area (TPSA) is 35.9 Å². The van der Waals surface area contributed by atoms with Crippen LogP contribution in [0.25, 0.3) is 50.1 Å². The molecule has 0 amide bonds. The molecule has 10 rings (SSSR count). The molecule has 0 aliphatic heterocycles. The van der Waals surface area contributed by atoms with Gasteiger partial charge >= 0.3 is 0 Å². The molecule has 0 N–H and O–H groups in total. The van der Waals surface area contributed by atoms with E-state index < -0.39 is 5.41 Å². The quantitative estimate of drug-likeness (QED) is 0.0957. The molecule has 5 heteroatoms. The van der Waals surface area contributed by atoms with Crippen molar-refractivity contribution >= 4 is 21.8 Å². The molecular formula is C67H68N4O. The summed E-state index contributed by atoms with van der Waals surface area (Å²) >= 11 is 0. The zero-order valence-corrected chi connectivity index (χ0v) is 44.2. The molecule has 0 aliphatic carbocycles. The van der Waals surface area contributed by atoms with Gasteiger partial charge in [-0.2, -0.15) is 0 Å². The van der Waals surface area contributed by atoms with Gasteiger partial charge in [-0.05, 0) is 128 Å². The van der Waals surface area contributed by atoms with Crippen LogP contribution in [-0.2, 0) is 21.7 Å². The molecule has 3 aromatic heterocycles. The van der Waals surface area contributed by atoms with Gasteiger partial charge in [-0.1, -0.05) is 186 Å². The molecule has 362 valence electrons. The van der Waals surface area contributed by atoms with Gasteiger partial charge in [0, 0.05) is 40.1 Å². The summed E-state index contributed by atoms with van der Waals surface area (Å²) in [6.45, 7) is 27.4. The summed E-state index contributed by atoms with van der Waals surface area (Å²) in [5, 5.41) is 2.36. The van der Waals surface area contributed by atoms with Crippen molar-refractivity contribution in [3.05, 3.63) is 234 Å². The number of imidazole rings is 1. The lowest BCUT2D eigenvalue weighted by Crippen LogP contribution is -2.40. The third-order valence-electron chi connectivity index (χ3n) is 14.9. The van der Waals surface area contributed by atoms with E-state index >= 15 is 0 Å². The Balaban J connectivity index is 1.17. The SMILES string of the molecule is CC(C)c1ccc2c(c1)c1ccc(Oc3cc(-n4[c-][n+](-c5cc(-c6ccccc6)cc(C(C)(C)C)c5)c(C(C)(C)c5ccccc5)c4)cc(C(C)(C)c4ccccc4)c3)cc1n2-c1cc(C(C)(C)C)ccn1. The van der Waals surface area contributed by atoms with E-state index in [1.807, 2.05) is 6.20 Å². The zero-order chi connectivity index (χ0) is 50.7. The van der Waals surface area contributed by atoms with Gasteiger partial charge < -0.3 is 4.74 Å². The fraction of sp³-hybridized carbons (Fsp3) is 0.254. The molecule has 3 heterocycles. The highest BCUT2D eigenvalue weighted by molar-refractivity contribution is 6.09. The predicted molar refractivity (Wildman–Crippen MR) is 299 cm³/mol. The first-order chi connectivity index (χ1) is 34.3. The maximum Gasteiger partial charge on any atom is 0.269 e. The minimum absolute atomic E-state index is 0.0398. The number of nitrogens with zero attached hydrogens (tertiary/aromatic N) is 4. The van der Waals surface area contributed by atoms with Crippen LogP contribution in [0, 0.1) is 6.33 Å². The number of fused-ring (bicyclic) bond motifs is 3. The Morgan fingerprint density at radius 1 is 0.500 bits per heavy atom. The molecule has 5 nitrogen and oxygen atoms in total. The van der Waals surface area contributed by atoms with Gasteiger partial charge in [0.25, 0.3) is 6.33 Å². The molecule has 0 bridgehead atoms. The highest BCUT2D eigenvalue weighted by atomic mass is 16.5. The highest BCUT2D eigenvalue weighted by Crippen LogP contribution is 2.41. The molecule has 0 radical (unpaired) electrons. The number of rotatable bonds is 11.